The molecule has 0 aliphatic rings. The van der Waals surface area contributed by atoms with Gasteiger partial charge in [0.15, 0.2) is 5.75 Å². The smallest absolute Gasteiger partial charge is 0.311 e. The summed E-state index contributed by atoms with van der Waals surface area (Å²) < 4.78 is 19.2. The van der Waals surface area contributed by atoms with E-state index in [0.29, 0.717) is 10.0 Å². The van der Waals surface area contributed by atoms with Crippen LogP contribution in [0.2, 0.25) is 0 Å². The van der Waals surface area contributed by atoms with Gasteiger partial charge in [0.2, 0.25) is 0 Å². The van der Waals surface area contributed by atoms with E-state index in [9.17, 15) is 14.5 Å². The molecule has 0 fully saturated rings. The Kier molecular flexibility index (Phi) is 4.34. The average Bonchev–Trinajstić information content (AvgIpc) is 2.36. The number of hydrogen-bond acceptors (Lipinski definition) is 3. The van der Waals surface area contributed by atoms with Crippen LogP contribution in [0, 0.1) is 22.9 Å². The van der Waals surface area contributed by atoms with Gasteiger partial charge in [0.05, 0.1) is 4.92 Å². The van der Waals surface area contributed by atoms with Gasteiger partial charge in [-0.2, -0.15) is 0 Å². The van der Waals surface area contributed by atoms with Gasteiger partial charge in [-0.3, -0.25) is 10.1 Å². The molecule has 2 aromatic carbocycles. The van der Waals surface area contributed by atoms with Crippen molar-refractivity contribution in [2.45, 2.75) is 13.5 Å². The summed E-state index contributed by atoms with van der Waals surface area (Å²) in [6.07, 6.45) is 0. The van der Waals surface area contributed by atoms with Crippen LogP contribution < -0.4 is 4.74 Å². The quantitative estimate of drug-likeness (QED) is 0.613. The number of nitro groups is 1. The maximum Gasteiger partial charge on any atom is 0.311 e. The molecule has 2 rings (SSSR count). The molecule has 0 unspecified atom stereocenters. The minimum Gasteiger partial charge on any atom is -0.482 e. The molecule has 0 aromatic heterocycles. The first-order chi connectivity index (χ1) is 9.45. The number of hydrogen-bond donors (Lipinski definition) is 0. The molecule has 104 valence electrons. The topological polar surface area (TPSA) is 52.4 Å². The number of nitro benzene ring substituents is 1. The standard InChI is InChI=1S/C14H11BrFNO3/c1-9-2-3-14(13(4-9)17(18)19)20-8-10-5-11(15)7-12(16)6-10/h2-7H,8H2,1H3. The Labute approximate surface area is 123 Å². The summed E-state index contributed by atoms with van der Waals surface area (Å²) in [5.41, 5.74) is 1.27. The molecule has 0 atom stereocenters. The molecular formula is C14H11BrFNO3. The number of rotatable bonds is 4. The first-order valence-corrected chi connectivity index (χ1v) is 6.58. The minimum absolute atomic E-state index is 0.0558. The van der Waals surface area contributed by atoms with Crippen LogP contribution in [0.1, 0.15) is 11.1 Å². The highest BCUT2D eigenvalue weighted by molar-refractivity contribution is 9.10. The SMILES string of the molecule is Cc1ccc(OCc2cc(F)cc(Br)c2)c([N+](=O)[O-])c1. The van der Waals surface area contributed by atoms with Gasteiger partial charge in [0, 0.05) is 10.5 Å². The third-order valence-corrected chi connectivity index (χ3v) is 3.09. The van der Waals surface area contributed by atoms with Crippen molar-refractivity contribution in [3.05, 3.63) is 67.9 Å². The molecule has 0 bridgehead atoms. The molecule has 0 radical (unpaired) electrons. The molecule has 0 amide bonds. The van der Waals surface area contributed by atoms with Crippen LogP contribution in [0.15, 0.2) is 40.9 Å². The fraction of sp³-hybridized carbons (Fsp3) is 0.143. The Morgan fingerprint density at radius 1 is 1.30 bits per heavy atom. The van der Waals surface area contributed by atoms with Crippen LogP contribution in [0.3, 0.4) is 0 Å². The Bertz CT molecular complexity index is 641. The van der Waals surface area contributed by atoms with E-state index in [-0.39, 0.29) is 18.0 Å². The van der Waals surface area contributed by atoms with Gasteiger partial charge in [-0.15, -0.1) is 0 Å². The summed E-state index contributed by atoms with van der Waals surface area (Å²) in [5, 5.41) is 11.0. The fourth-order valence-corrected chi connectivity index (χ4v) is 2.26. The van der Waals surface area contributed by atoms with Crippen LogP contribution in [0.4, 0.5) is 10.1 Å². The molecular weight excluding hydrogens is 329 g/mol. The summed E-state index contributed by atoms with van der Waals surface area (Å²) in [6.45, 7) is 1.82. The van der Waals surface area contributed by atoms with Crippen LogP contribution in [0.25, 0.3) is 0 Å². The number of aryl methyl sites for hydroxylation is 1. The lowest BCUT2D eigenvalue weighted by Crippen LogP contribution is -2.00. The van der Waals surface area contributed by atoms with Crippen molar-refractivity contribution in [3.63, 3.8) is 0 Å². The lowest BCUT2D eigenvalue weighted by atomic mass is 10.2. The molecule has 2 aromatic rings. The van der Waals surface area contributed by atoms with Crippen molar-refractivity contribution in [2.24, 2.45) is 0 Å². The van der Waals surface area contributed by atoms with Gasteiger partial charge in [-0.1, -0.05) is 22.0 Å². The van der Waals surface area contributed by atoms with Gasteiger partial charge >= 0.3 is 5.69 Å². The van der Waals surface area contributed by atoms with E-state index < -0.39 is 10.7 Å². The van der Waals surface area contributed by atoms with E-state index >= 15 is 0 Å². The van der Waals surface area contributed by atoms with Crippen molar-refractivity contribution in [3.8, 4) is 5.75 Å². The normalized spacial score (nSPS) is 10.3. The second kappa shape index (κ2) is 6.00. The molecule has 20 heavy (non-hydrogen) atoms. The van der Waals surface area contributed by atoms with E-state index in [2.05, 4.69) is 15.9 Å². The molecule has 0 aliphatic heterocycles. The summed E-state index contributed by atoms with van der Waals surface area (Å²) in [5.74, 6) is -0.225. The van der Waals surface area contributed by atoms with Crippen LogP contribution in [-0.2, 0) is 6.61 Å². The summed E-state index contributed by atoms with van der Waals surface area (Å²) in [4.78, 5) is 10.5. The molecule has 0 heterocycles. The summed E-state index contributed by atoms with van der Waals surface area (Å²) in [6, 6.07) is 9.06. The molecule has 0 saturated heterocycles. The largest absolute Gasteiger partial charge is 0.482 e. The van der Waals surface area contributed by atoms with Crippen LogP contribution in [0.5, 0.6) is 5.75 Å². The van der Waals surface area contributed by atoms with Gasteiger partial charge in [0.1, 0.15) is 12.4 Å². The third kappa shape index (κ3) is 3.54. The zero-order chi connectivity index (χ0) is 14.7. The Morgan fingerprint density at radius 2 is 2.05 bits per heavy atom. The van der Waals surface area contributed by atoms with Crippen molar-refractivity contribution in [1.82, 2.24) is 0 Å². The first-order valence-electron chi connectivity index (χ1n) is 5.78. The lowest BCUT2D eigenvalue weighted by molar-refractivity contribution is -0.386. The van der Waals surface area contributed by atoms with Crippen LogP contribution in [-0.4, -0.2) is 4.92 Å². The fourth-order valence-electron chi connectivity index (χ4n) is 1.75. The van der Waals surface area contributed by atoms with E-state index in [1.807, 2.05) is 0 Å². The van der Waals surface area contributed by atoms with Crippen molar-refractivity contribution < 1.29 is 14.1 Å². The Hall–Kier alpha value is -1.95. The van der Waals surface area contributed by atoms with Crippen molar-refractivity contribution in [1.29, 1.82) is 0 Å². The molecule has 0 saturated carbocycles. The van der Waals surface area contributed by atoms with Crippen molar-refractivity contribution in [2.75, 3.05) is 0 Å². The minimum atomic E-state index is -0.496. The monoisotopic (exact) mass is 339 g/mol. The van der Waals surface area contributed by atoms with E-state index in [1.54, 1.807) is 25.1 Å². The number of benzene rings is 2. The highest BCUT2D eigenvalue weighted by Gasteiger charge is 2.15. The van der Waals surface area contributed by atoms with Gasteiger partial charge in [-0.25, -0.2) is 4.39 Å². The Balaban J connectivity index is 2.20. The van der Waals surface area contributed by atoms with Crippen molar-refractivity contribution >= 4 is 21.6 Å². The molecule has 0 N–H and O–H groups in total. The maximum absolute atomic E-state index is 13.2. The predicted molar refractivity (Wildman–Crippen MR) is 76.3 cm³/mol. The zero-order valence-corrected chi connectivity index (χ0v) is 12.2. The van der Waals surface area contributed by atoms with E-state index in [1.165, 1.54) is 18.2 Å². The number of ether oxygens (including phenoxy) is 1. The summed E-state index contributed by atoms with van der Waals surface area (Å²) in [7, 11) is 0. The zero-order valence-electron chi connectivity index (χ0n) is 10.6. The predicted octanol–water partition coefficient (Wildman–Crippen LogP) is 4.38. The third-order valence-electron chi connectivity index (χ3n) is 2.63. The average molecular weight is 340 g/mol. The molecule has 0 aliphatic carbocycles. The molecule has 0 spiro atoms. The lowest BCUT2D eigenvalue weighted by Gasteiger charge is -2.08. The van der Waals surface area contributed by atoms with E-state index in [4.69, 9.17) is 4.74 Å². The second-order valence-electron chi connectivity index (χ2n) is 4.29. The van der Waals surface area contributed by atoms with Gasteiger partial charge in [0.25, 0.3) is 0 Å². The summed E-state index contributed by atoms with van der Waals surface area (Å²) >= 11 is 3.18. The van der Waals surface area contributed by atoms with E-state index in [0.717, 1.165) is 5.56 Å². The number of nitrogens with zero attached hydrogens (tertiary/aromatic N) is 1. The van der Waals surface area contributed by atoms with Crippen LogP contribution >= 0.6 is 15.9 Å². The van der Waals surface area contributed by atoms with Gasteiger partial charge in [-0.05, 0) is 42.3 Å². The highest BCUT2D eigenvalue weighted by Crippen LogP contribution is 2.28. The molecule has 4 nitrogen and oxygen atoms in total. The first kappa shape index (κ1) is 14.5. The number of halogens is 2. The van der Waals surface area contributed by atoms with Gasteiger partial charge < -0.3 is 4.74 Å². The maximum atomic E-state index is 13.2. The highest BCUT2D eigenvalue weighted by atomic mass is 79.9. The molecule has 6 heteroatoms. The second-order valence-corrected chi connectivity index (χ2v) is 5.21. The Morgan fingerprint density at radius 3 is 2.70 bits per heavy atom.